The molecular formula is C14H22N2O. The highest BCUT2D eigenvalue weighted by Gasteiger charge is 2.20. The van der Waals surface area contributed by atoms with Gasteiger partial charge in [0.15, 0.2) is 5.78 Å². The van der Waals surface area contributed by atoms with Crippen molar-refractivity contribution in [3.05, 3.63) is 23.5 Å². The summed E-state index contributed by atoms with van der Waals surface area (Å²) in [6, 6.07) is 2.56. The van der Waals surface area contributed by atoms with Gasteiger partial charge in [0.2, 0.25) is 0 Å². The van der Waals surface area contributed by atoms with Crippen LogP contribution in [0.5, 0.6) is 0 Å². The maximum atomic E-state index is 11.7. The molecule has 0 fully saturated rings. The molecule has 1 heterocycles. The Morgan fingerprint density at radius 2 is 2.18 bits per heavy atom. The second-order valence-corrected chi connectivity index (χ2v) is 5.22. The van der Waals surface area contributed by atoms with Crippen molar-refractivity contribution in [2.24, 2.45) is 0 Å². The largest absolute Gasteiger partial charge is 0.349 e. The summed E-state index contributed by atoms with van der Waals surface area (Å²) in [5, 5.41) is 0. The first-order valence-electron chi connectivity index (χ1n) is 6.51. The van der Waals surface area contributed by atoms with Crippen LogP contribution in [0.15, 0.2) is 12.3 Å². The Kier molecular flexibility index (Phi) is 3.67. The number of Topliss-reactive ketones (excluding diaryl/α,β-unsaturated/α-hetero) is 1. The van der Waals surface area contributed by atoms with Crippen molar-refractivity contribution >= 4 is 5.78 Å². The third kappa shape index (κ3) is 2.60. The lowest BCUT2D eigenvalue weighted by atomic mass is 9.97. The lowest BCUT2D eigenvalue weighted by Gasteiger charge is -2.22. The molecule has 1 aromatic heterocycles. The van der Waals surface area contributed by atoms with Gasteiger partial charge in [0.1, 0.15) is 0 Å². The summed E-state index contributed by atoms with van der Waals surface area (Å²) < 4.78 is 2.26. The van der Waals surface area contributed by atoms with E-state index in [2.05, 4.69) is 36.6 Å². The number of nitrogens with zero attached hydrogens (tertiary/aromatic N) is 2. The zero-order valence-corrected chi connectivity index (χ0v) is 11.1. The molecule has 0 aliphatic heterocycles. The number of fused-ring (bicyclic) bond motifs is 1. The summed E-state index contributed by atoms with van der Waals surface area (Å²) >= 11 is 0. The zero-order chi connectivity index (χ0) is 12.4. The summed E-state index contributed by atoms with van der Waals surface area (Å²) in [4.78, 5) is 14.1. The standard InChI is InChI=1S/C14H22N2O/c1-11(2)15(3)9-10-16-8-7-12-13(16)5-4-6-14(12)17/h7-8,11H,4-6,9-10H2,1-3H3. The van der Waals surface area contributed by atoms with Crippen LogP contribution in [0.25, 0.3) is 0 Å². The van der Waals surface area contributed by atoms with Gasteiger partial charge in [-0.2, -0.15) is 0 Å². The van der Waals surface area contributed by atoms with E-state index >= 15 is 0 Å². The van der Waals surface area contributed by atoms with Crippen LogP contribution in [-0.2, 0) is 13.0 Å². The van der Waals surface area contributed by atoms with Gasteiger partial charge in [-0.05, 0) is 39.8 Å². The molecule has 94 valence electrons. The van der Waals surface area contributed by atoms with Gasteiger partial charge < -0.3 is 9.47 Å². The molecule has 1 aromatic rings. The second-order valence-electron chi connectivity index (χ2n) is 5.22. The van der Waals surface area contributed by atoms with E-state index in [9.17, 15) is 4.79 Å². The van der Waals surface area contributed by atoms with Crippen molar-refractivity contribution in [1.29, 1.82) is 0 Å². The minimum atomic E-state index is 0.321. The third-order valence-corrected chi connectivity index (χ3v) is 3.77. The Labute approximate surface area is 103 Å². The first-order chi connectivity index (χ1) is 8.09. The summed E-state index contributed by atoms with van der Waals surface area (Å²) in [5.74, 6) is 0.321. The topological polar surface area (TPSA) is 25.2 Å². The van der Waals surface area contributed by atoms with E-state index < -0.39 is 0 Å². The molecule has 0 atom stereocenters. The summed E-state index contributed by atoms with van der Waals surface area (Å²) in [7, 11) is 2.14. The second kappa shape index (κ2) is 5.05. The Bertz CT molecular complexity index is 406. The minimum Gasteiger partial charge on any atom is -0.349 e. The Balaban J connectivity index is 2.05. The molecule has 0 saturated heterocycles. The molecule has 1 aliphatic carbocycles. The molecule has 0 unspecified atom stereocenters. The fourth-order valence-electron chi connectivity index (χ4n) is 2.32. The highest BCUT2D eigenvalue weighted by atomic mass is 16.1. The molecule has 2 rings (SSSR count). The van der Waals surface area contributed by atoms with Crippen molar-refractivity contribution in [2.45, 2.75) is 45.7 Å². The fourth-order valence-corrected chi connectivity index (χ4v) is 2.32. The van der Waals surface area contributed by atoms with E-state index in [4.69, 9.17) is 0 Å². The molecule has 3 nitrogen and oxygen atoms in total. The molecule has 0 radical (unpaired) electrons. The van der Waals surface area contributed by atoms with Gasteiger partial charge in [-0.1, -0.05) is 0 Å². The van der Waals surface area contributed by atoms with E-state index in [1.54, 1.807) is 0 Å². The fraction of sp³-hybridized carbons (Fsp3) is 0.643. The number of rotatable bonds is 4. The van der Waals surface area contributed by atoms with Crippen molar-refractivity contribution in [2.75, 3.05) is 13.6 Å². The molecule has 0 amide bonds. The number of hydrogen-bond donors (Lipinski definition) is 0. The molecular weight excluding hydrogens is 212 g/mol. The quantitative estimate of drug-likeness (QED) is 0.799. The summed E-state index contributed by atoms with van der Waals surface area (Å²) in [6.45, 7) is 6.42. The Morgan fingerprint density at radius 3 is 2.88 bits per heavy atom. The predicted molar refractivity (Wildman–Crippen MR) is 69.5 cm³/mol. The van der Waals surface area contributed by atoms with E-state index in [0.29, 0.717) is 11.8 Å². The van der Waals surface area contributed by atoms with Crippen molar-refractivity contribution in [3.8, 4) is 0 Å². The number of hydrogen-bond acceptors (Lipinski definition) is 2. The van der Waals surface area contributed by atoms with Crippen LogP contribution in [0, 0.1) is 0 Å². The molecule has 0 aromatic carbocycles. The van der Waals surface area contributed by atoms with Crippen molar-refractivity contribution in [1.82, 2.24) is 9.47 Å². The first kappa shape index (κ1) is 12.4. The van der Waals surface area contributed by atoms with Gasteiger partial charge in [-0.25, -0.2) is 0 Å². The van der Waals surface area contributed by atoms with Gasteiger partial charge in [-0.3, -0.25) is 4.79 Å². The maximum Gasteiger partial charge on any atom is 0.164 e. The van der Waals surface area contributed by atoms with Crippen LogP contribution >= 0.6 is 0 Å². The highest BCUT2D eigenvalue weighted by molar-refractivity contribution is 5.98. The van der Waals surface area contributed by atoms with E-state index in [1.807, 2.05) is 6.07 Å². The number of carbonyl (C=O) groups is 1. The van der Waals surface area contributed by atoms with Gasteiger partial charge in [0, 0.05) is 43.0 Å². The van der Waals surface area contributed by atoms with Crippen LogP contribution in [0.3, 0.4) is 0 Å². The molecule has 3 heteroatoms. The summed E-state index contributed by atoms with van der Waals surface area (Å²) in [6.07, 6.45) is 4.86. The Hall–Kier alpha value is -1.09. The van der Waals surface area contributed by atoms with Gasteiger partial charge >= 0.3 is 0 Å². The molecule has 0 N–H and O–H groups in total. The van der Waals surface area contributed by atoms with Crippen LogP contribution in [-0.4, -0.2) is 34.9 Å². The third-order valence-electron chi connectivity index (χ3n) is 3.77. The highest BCUT2D eigenvalue weighted by Crippen LogP contribution is 2.22. The monoisotopic (exact) mass is 234 g/mol. The van der Waals surface area contributed by atoms with E-state index in [0.717, 1.165) is 37.9 Å². The smallest absolute Gasteiger partial charge is 0.164 e. The van der Waals surface area contributed by atoms with Crippen molar-refractivity contribution in [3.63, 3.8) is 0 Å². The molecule has 0 saturated carbocycles. The van der Waals surface area contributed by atoms with Crippen LogP contribution < -0.4 is 0 Å². The van der Waals surface area contributed by atoms with E-state index in [-0.39, 0.29) is 0 Å². The maximum absolute atomic E-state index is 11.7. The average Bonchev–Trinajstić information content (AvgIpc) is 2.70. The SMILES string of the molecule is CC(C)N(C)CCn1ccc2c1CCCC2=O. The van der Waals surface area contributed by atoms with Gasteiger partial charge in [-0.15, -0.1) is 0 Å². The lowest BCUT2D eigenvalue weighted by Crippen LogP contribution is -2.30. The average molecular weight is 234 g/mol. The molecule has 0 spiro atoms. The van der Waals surface area contributed by atoms with Crippen molar-refractivity contribution < 1.29 is 4.79 Å². The molecule has 1 aliphatic rings. The number of carbonyl (C=O) groups excluding carboxylic acids is 1. The van der Waals surface area contributed by atoms with Gasteiger partial charge in [0.05, 0.1) is 0 Å². The summed E-state index contributed by atoms with van der Waals surface area (Å²) in [5.41, 5.74) is 2.21. The van der Waals surface area contributed by atoms with Crippen LogP contribution in [0.2, 0.25) is 0 Å². The lowest BCUT2D eigenvalue weighted by molar-refractivity contribution is 0.0971. The van der Waals surface area contributed by atoms with Gasteiger partial charge in [0.25, 0.3) is 0 Å². The minimum absolute atomic E-state index is 0.321. The number of likely N-dealkylation sites (N-methyl/N-ethyl adjacent to an activating group) is 1. The molecule has 0 bridgehead atoms. The molecule has 17 heavy (non-hydrogen) atoms. The van der Waals surface area contributed by atoms with Crippen LogP contribution in [0.4, 0.5) is 0 Å². The zero-order valence-electron chi connectivity index (χ0n) is 11.1. The number of ketones is 1. The van der Waals surface area contributed by atoms with E-state index in [1.165, 1.54) is 5.69 Å². The van der Waals surface area contributed by atoms with Crippen LogP contribution in [0.1, 0.15) is 42.7 Å². The predicted octanol–water partition coefficient (Wildman–Crippen LogP) is 2.35. The normalized spacial score (nSPS) is 15.7. The number of aromatic nitrogens is 1. The first-order valence-corrected chi connectivity index (χ1v) is 6.51. The Morgan fingerprint density at radius 1 is 1.41 bits per heavy atom.